The Hall–Kier alpha value is -0.650. The minimum Gasteiger partial charge on any atom is -0.463 e. The van der Waals surface area contributed by atoms with Gasteiger partial charge in [0.15, 0.2) is 0 Å². The maximum absolute atomic E-state index is 10.7. The van der Waals surface area contributed by atoms with E-state index in [-0.39, 0.29) is 19.2 Å². The van der Waals surface area contributed by atoms with E-state index in [4.69, 9.17) is 5.11 Å². The molecular weight excluding hydrogens is 164 g/mol. The van der Waals surface area contributed by atoms with Crippen LogP contribution in [0.3, 0.4) is 0 Å². The van der Waals surface area contributed by atoms with Crippen LogP contribution in [0.2, 0.25) is 0 Å². The van der Waals surface area contributed by atoms with Crippen molar-refractivity contribution >= 4 is 5.97 Å². The largest absolute Gasteiger partial charge is 0.463 e. The highest BCUT2D eigenvalue weighted by Gasteiger charge is 2.07. The fourth-order valence-corrected chi connectivity index (χ4v) is 0.592. The van der Waals surface area contributed by atoms with Crippen molar-refractivity contribution in [3.05, 3.63) is 0 Å². The maximum Gasteiger partial charge on any atom is 0.305 e. The Balaban J connectivity index is 3.33. The third-order valence-electron chi connectivity index (χ3n) is 1.15. The van der Waals surface area contributed by atoms with Gasteiger partial charge in [0.1, 0.15) is 19.3 Å². The standard InChI is InChI=1S/C7H13O5/c1-2-3-7(9)11-4-6(8)5-12-10/h6,8H,2-5H2,1H3. The van der Waals surface area contributed by atoms with Gasteiger partial charge in [0.25, 0.3) is 0 Å². The normalized spacial score (nSPS) is 12.6. The number of hydrogen-bond acceptors (Lipinski definition) is 4. The second kappa shape index (κ2) is 7.02. The van der Waals surface area contributed by atoms with E-state index >= 15 is 0 Å². The number of carbonyl (C=O) groups is 1. The van der Waals surface area contributed by atoms with Gasteiger partial charge < -0.3 is 9.84 Å². The average Bonchev–Trinajstić information content (AvgIpc) is 2.02. The summed E-state index contributed by atoms with van der Waals surface area (Å²) in [6.07, 6.45) is 0.00101. The van der Waals surface area contributed by atoms with Crippen LogP contribution >= 0.6 is 0 Å². The van der Waals surface area contributed by atoms with Crippen molar-refractivity contribution in [2.24, 2.45) is 0 Å². The molecule has 0 saturated carbocycles. The second-order valence-corrected chi connectivity index (χ2v) is 2.37. The Morgan fingerprint density at radius 2 is 2.17 bits per heavy atom. The van der Waals surface area contributed by atoms with Crippen LogP contribution in [0.5, 0.6) is 0 Å². The summed E-state index contributed by atoms with van der Waals surface area (Å²) in [5.74, 6) is -0.373. The minimum atomic E-state index is -1.02. The Kier molecular flexibility index (Phi) is 6.64. The van der Waals surface area contributed by atoms with Gasteiger partial charge in [0, 0.05) is 6.42 Å². The number of esters is 1. The molecule has 0 saturated heterocycles. The molecule has 0 amide bonds. The van der Waals surface area contributed by atoms with Crippen molar-refractivity contribution in [2.45, 2.75) is 25.9 Å². The van der Waals surface area contributed by atoms with Gasteiger partial charge in [0.2, 0.25) is 0 Å². The predicted molar refractivity (Wildman–Crippen MR) is 38.5 cm³/mol. The van der Waals surface area contributed by atoms with Crippen LogP contribution in [0.15, 0.2) is 0 Å². The minimum absolute atomic E-state index is 0.179. The number of aliphatic hydroxyl groups is 1. The fraction of sp³-hybridized carbons (Fsp3) is 0.857. The summed E-state index contributed by atoms with van der Waals surface area (Å²) in [5.41, 5.74) is 0. The SMILES string of the molecule is CCCC(=O)OCC(O)CO[O]. The molecule has 71 valence electrons. The van der Waals surface area contributed by atoms with Crippen LogP contribution in [-0.2, 0) is 19.7 Å². The van der Waals surface area contributed by atoms with E-state index in [9.17, 15) is 10.1 Å². The number of ether oxygens (including phenoxy) is 1. The van der Waals surface area contributed by atoms with E-state index in [1.807, 2.05) is 6.92 Å². The van der Waals surface area contributed by atoms with Gasteiger partial charge in [-0.15, -0.1) is 0 Å². The fourth-order valence-electron chi connectivity index (χ4n) is 0.592. The molecule has 0 fully saturated rings. The average molecular weight is 177 g/mol. The Bertz CT molecular complexity index is 125. The molecule has 0 aliphatic rings. The zero-order chi connectivity index (χ0) is 9.40. The van der Waals surface area contributed by atoms with Gasteiger partial charge in [-0.2, -0.15) is 0 Å². The third kappa shape index (κ3) is 6.09. The second-order valence-electron chi connectivity index (χ2n) is 2.37. The van der Waals surface area contributed by atoms with Crippen LogP contribution < -0.4 is 0 Å². The number of hydrogen-bond donors (Lipinski definition) is 1. The number of aliphatic hydroxyl groups excluding tert-OH is 1. The highest BCUT2D eigenvalue weighted by atomic mass is 17.1. The molecule has 0 aliphatic heterocycles. The predicted octanol–water partition coefficient (Wildman–Crippen LogP) is 0.0527. The van der Waals surface area contributed by atoms with Gasteiger partial charge >= 0.3 is 5.97 Å². The number of rotatable bonds is 6. The van der Waals surface area contributed by atoms with Gasteiger partial charge in [-0.3, -0.25) is 4.79 Å². The molecule has 0 aromatic rings. The summed E-state index contributed by atoms with van der Waals surface area (Å²) in [7, 11) is 0. The molecule has 0 aromatic carbocycles. The lowest BCUT2D eigenvalue weighted by molar-refractivity contribution is -0.315. The lowest BCUT2D eigenvalue weighted by Crippen LogP contribution is -2.22. The van der Waals surface area contributed by atoms with Crippen LogP contribution in [0.4, 0.5) is 0 Å². The molecular formula is C7H13O5. The first-order chi connectivity index (χ1) is 5.70. The molecule has 0 spiro atoms. The van der Waals surface area contributed by atoms with Crippen molar-refractivity contribution in [3.8, 4) is 0 Å². The molecule has 1 radical (unpaired) electrons. The quantitative estimate of drug-likeness (QED) is 0.353. The highest BCUT2D eigenvalue weighted by molar-refractivity contribution is 5.69. The van der Waals surface area contributed by atoms with E-state index < -0.39 is 6.10 Å². The van der Waals surface area contributed by atoms with Crippen LogP contribution in [-0.4, -0.2) is 30.4 Å². The first kappa shape index (κ1) is 11.4. The molecule has 0 rings (SSSR count). The number of carbonyl (C=O) groups excluding carboxylic acids is 1. The van der Waals surface area contributed by atoms with Gasteiger partial charge in [-0.05, 0) is 11.7 Å². The first-order valence-electron chi connectivity index (χ1n) is 3.79. The lowest BCUT2D eigenvalue weighted by atomic mass is 10.3. The third-order valence-corrected chi connectivity index (χ3v) is 1.15. The molecule has 1 N–H and O–H groups in total. The van der Waals surface area contributed by atoms with E-state index in [1.54, 1.807) is 0 Å². The van der Waals surface area contributed by atoms with Crippen molar-refractivity contribution in [2.75, 3.05) is 13.2 Å². The van der Waals surface area contributed by atoms with E-state index in [0.29, 0.717) is 12.8 Å². The zero-order valence-electron chi connectivity index (χ0n) is 6.99. The van der Waals surface area contributed by atoms with E-state index in [1.165, 1.54) is 0 Å². The monoisotopic (exact) mass is 177 g/mol. The molecule has 0 bridgehead atoms. The van der Waals surface area contributed by atoms with Gasteiger partial charge in [0.05, 0.1) is 0 Å². The topological polar surface area (TPSA) is 75.7 Å². The highest BCUT2D eigenvalue weighted by Crippen LogP contribution is 1.93. The summed E-state index contributed by atoms with van der Waals surface area (Å²) < 4.78 is 4.59. The summed E-state index contributed by atoms with van der Waals surface area (Å²) in [6.45, 7) is 1.30. The van der Waals surface area contributed by atoms with E-state index in [2.05, 4.69) is 9.62 Å². The molecule has 0 heterocycles. The van der Waals surface area contributed by atoms with Crippen LogP contribution in [0.1, 0.15) is 19.8 Å². The Morgan fingerprint density at radius 3 is 2.67 bits per heavy atom. The summed E-state index contributed by atoms with van der Waals surface area (Å²) in [6, 6.07) is 0. The summed E-state index contributed by atoms with van der Waals surface area (Å²) in [5, 5.41) is 18.4. The maximum atomic E-state index is 10.7. The molecule has 1 unspecified atom stereocenters. The van der Waals surface area contributed by atoms with E-state index in [0.717, 1.165) is 0 Å². The molecule has 1 atom stereocenters. The van der Waals surface area contributed by atoms with Crippen molar-refractivity contribution in [1.29, 1.82) is 0 Å². The molecule has 0 aromatic heterocycles. The summed E-state index contributed by atoms with van der Waals surface area (Å²) >= 11 is 0. The Labute approximate surface area is 70.8 Å². The van der Waals surface area contributed by atoms with Crippen molar-refractivity contribution < 1.29 is 24.8 Å². The molecule has 12 heavy (non-hydrogen) atoms. The smallest absolute Gasteiger partial charge is 0.305 e. The van der Waals surface area contributed by atoms with Crippen molar-refractivity contribution in [3.63, 3.8) is 0 Å². The molecule has 5 heteroatoms. The molecule has 0 aliphatic carbocycles. The molecule has 5 nitrogen and oxygen atoms in total. The lowest BCUT2D eigenvalue weighted by Gasteiger charge is -2.07. The van der Waals surface area contributed by atoms with Gasteiger partial charge in [-0.25, -0.2) is 4.89 Å². The van der Waals surface area contributed by atoms with Crippen molar-refractivity contribution in [1.82, 2.24) is 0 Å². The Morgan fingerprint density at radius 1 is 1.50 bits per heavy atom. The van der Waals surface area contributed by atoms with Crippen LogP contribution in [0, 0.1) is 0 Å². The zero-order valence-corrected chi connectivity index (χ0v) is 6.99. The summed E-state index contributed by atoms with van der Waals surface area (Å²) in [4.78, 5) is 14.1. The van der Waals surface area contributed by atoms with Crippen LogP contribution in [0.25, 0.3) is 0 Å². The van der Waals surface area contributed by atoms with Gasteiger partial charge in [-0.1, -0.05) is 6.92 Å². The first-order valence-corrected chi connectivity index (χ1v) is 3.79.